The molecule has 1 saturated heterocycles. The first-order valence-corrected chi connectivity index (χ1v) is 31.1. The number of nitrogens with zero attached hydrogens (tertiary/aromatic N) is 5. The monoisotopic (exact) mass is 1230 g/mol. The number of nitrogens with one attached hydrogen (secondary N) is 3. The summed E-state index contributed by atoms with van der Waals surface area (Å²) in [6.45, 7) is 33.3. The minimum Gasteiger partial charge on any atom is -0.497 e. The van der Waals surface area contributed by atoms with Crippen LogP contribution in [0.25, 0.3) is 0 Å². The topological polar surface area (TPSA) is 283 Å². The average molecular weight is 1230 g/mol. The Kier molecular flexibility index (Phi) is 29.5. The summed E-state index contributed by atoms with van der Waals surface area (Å²) in [5.74, 6) is -5.04. The smallest absolute Gasteiger partial charge is 0.323 e. The first kappa shape index (κ1) is 75.7. The van der Waals surface area contributed by atoms with Crippen LogP contribution in [0.5, 0.6) is 5.75 Å². The predicted octanol–water partition coefficient (Wildman–Crippen LogP) is 4.60. The number of carbonyl (C=O) groups is 8. The molecule has 3 amide bonds. The summed E-state index contributed by atoms with van der Waals surface area (Å²) in [5.41, 5.74) is -3.25. The van der Waals surface area contributed by atoms with Crippen LogP contribution in [0.4, 0.5) is 9.93 Å². The second kappa shape index (κ2) is 33.1. The van der Waals surface area contributed by atoms with E-state index in [1.165, 1.54) is 19.4 Å². The SMILES string of the molecule is COc1cc(NC(=O)COCCOCCNC(=O)[C@H](CC(=O)O)NC(=O)CCC(C(=O)OC(C)(C)C)N2CCN(CC(=O)OC(C)(C)C)CCN(CC(=O)OC(C)(C)C)CCN(CC(=O)OC(C)(C)C)CC2)ncc1[Si](F)(C(C)(C)C)C(C)(C)C. The number of anilines is 1. The summed E-state index contributed by atoms with van der Waals surface area (Å²) in [7, 11) is -2.28. The summed E-state index contributed by atoms with van der Waals surface area (Å²) in [6, 6.07) is -1.10. The van der Waals surface area contributed by atoms with E-state index in [9.17, 15) is 43.5 Å². The van der Waals surface area contributed by atoms with Crippen molar-refractivity contribution in [3.8, 4) is 5.75 Å². The molecule has 1 aromatic rings. The molecule has 85 heavy (non-hydrogen) atoms. The zero-order chi connectivity index (χ0) is 64.9. The number of carboxylic acids is 1. The van der Waals surface area contributed by atoms with Crippen LogP contribution in [-0.2, 0) is 66.8 Å². The molecule has 0 saturated carbocycles. The molecule has 0 aromatic carbocycles. The quantitative estimate of drug-likeness (QED) is 0.0324. The number of rotatable bonds is 26. The molecule has 0 spiro atoms. The lowest BCUT2D eigenvalue weighted by Crippen LogP contribution is -2.58. The van der Waals surface area contributed by atoms with Gasteiger partial charge in [-0.05, 0) is 99.6 Å². The number of aliphatic carboxylic acids is 1. The van der Waals surface area contributed by atoms with Crippen LogP contribution in [0.3, 0.4) is 0 Å². The highest BCUT2D eigenvalue weighted by atomic mass is 28.4. The number of hydrogen-bond acceptors (Lipinski definition) is 20. The maximum absolute atomic E-state index is 17.0. The Bertz CT molecular complexity index is 2310. The van der Waals surface area contributed by atoms with Gasteiger partial charge in [-0.1, -0.05) is 41.5 Å². The van der Waals surface area contributed by atoms with Gasteiger partial charge >= 0.3 is 29.8 Å². The molecule has 0 bridgehead atoms. The summed E-state index contributed by atoms with van der Waals surface area (Å²) in [4.78, 5) is 118. The highest BCUT2D eigenvalue weighted by Gasteiger charge is 2.58. The van der Waals surface area contributed by atoms with Crippen molar-refractivity contribution in [2.45, 2.75) is 188 Å². The first-order chi connectivity index (χ1) is 38.9. The molecule has 1 aliphatic rings. The summed E-state index contributed by atoms with van der Waals surface area (Å²) in [6.07, 6.45) is 0.184. The number of esters is 4. The van der Waals surface area contributed by atoms with Gasteiger partial charge in [-0.25, -0.2) is 4.98 Å². The lowest BCUT2D eigenvalue weighted by Gasteiger charge is -2.45. The molecule has 0 aliphatic carbocycles. The Morgan fingerprint density at radius 2 is 1.06 bits per heavy atom. The fraction of sp³-hybridized carbons (Fsp3) is 0.780. The van der Waals surface area contributed by atoms with Crippen molar-refractivity contribution in [2.75, 3.05) is 117 Å². The van der Waals surface area contributed by atoms with Crippen LogP contribution in [-0.4, -0.2) is 232 Å². The van der Waals surface area contributed by atoms with Gasteiger partial charge in [0.25, 0.3) is 14.3 Å². The van der Waals surface area contributed by atoms with Crippen molar-refractivity contribution in [1.29, 1.82) is 0 Å². The zero-order valence-electron chi connectivity index (χ0n) is 54.4. The third-order valence-electron chi connectivity index (χ3n) is 12.9. The van der Waals surface area contributed by atoms with E-state index in [0.29, 0.717) is 18.3 Å². The molecule has 1 fully saturated rings. The number of aromatic nitrogens is 1. The lowest BCUT2D eigenvalue weighted by atomic mass is 10.1. The number of amides is 3. The summed E-state index contributed by atoms with van der Waals surface area (Å²) < 4.78 is 56.6. The largest absolute Gasteiger partial charge is 0.497 e. The van der Waals surface area contributed by atoms with Gasteiger partial charge in [0.05, 0.1) is 53.0 Å². The Hall–Kier alpha value is -5.38. The standard InChI is InChI=1S/C59H103FN8O16Si/c1-54(2,3)81-49(73)37-65-23-25-66(38-50(74)82-55(4,5)6)27-29-68(30-28-67(26-24-65)39-51(75)83-56(7,8)9)42(53(77)84-57(10,11)12)20-21-46(69)63-41(34-48(71)72)52(76)61-22-31-79-32-33-80-40-47(70)64-45-35-43(78-19)44(36-62-45)85(60,58(13,14)15)59(16,17)18/h35-36,41-42H,20-34,37-40H2,1-19H3,(H,61,76)(H,63,69)(H,71,72)(H,62,64,70)/t41-,42?/m0/s1. The second-order valence-electron chi connectivity index (χ2n) is 27.4. The molecule has 2 heterocycles. The molecule has 24 nitrogen and oxygen atoms in total. The van der Waals surface area contributed by atoms with Gasteiger partial charge in [-0.3, -0.25) is 58.0 Å². The molecule has 1 aliphatic heterocycles. The fourth-order valence-corrected chi connectivity index (χ4v) is 14.2. The molecular weight excluding hydrogens is 1120 g/mol. The van der Waals surface area contributed by atoms with E-state index in [1.807, 2.05) is 61.1 Å². The van der Waals surface area contributed by atoms with E-state index in [2.05, 4.69) is 20.9 Å². The van der Waals surface area contributed by atoms with Crippen LogP contribution >= 0.6 is 0 Å². The lowest BCUT2D eigenvalue weighted by molar-refractivity contribution is -0.163. The molecule has 1 aromatic heterocycles. The fourth-order valence-electron chi connectivity index (χ4n) is 9.54. The summed E-state index contributed by atoms with van der Waals surface area (Å²) >= 11 is 0. The molecular formula is C59H103FN8O16Si. The van der Waals surface area contributed by atoms with E-state index in [4.69, 9.17) is 33.2 Å². The van der Waals surface area contributed by atoms with Crippen LogP contribution in [0.15, 0.2) is 12.3 Å². The normalized spacial score (nSPS) is 16.1. The van der Waals surface area contributed by atoms with Crippen molar-refractivity contribution in [3.63, 3.8) is 0 Å². The number of methoxy groups -OCH3 is 1. The molecule has 2 atom stereocenters. The van der Waals surface area contributed by atoms with E-state index in [-0.39, 0.29) is 116 Å². The number of hydrogen-bond donors (Lipinski definition) is 4. The average Bonchev–Trinajstić information content (AvgIpc) is 1.44. The van der Waals surface area contributed by atoms with Gasteiger partial charge in [-0.15, -0.1) is 0 Å². The van der Waals surface area contributed by atoms with Crippen molar-refractivity contribution >= 4 is 67.0 Å². The van der Waals surface area contributed by atoms with Crippen molar-refractivity contribution < 1.29 is 80.7 Å². The zero-order valence-corrected chi connectivity index (χ0v) is 55.4. The number of carboxylic acid groups (broad SMARTS) is 1. The second-order valence-corrected chi connectivity index (χ2v) is 32.2. The highest BCUT2D eigenvalue weighted by Crippen LogP contribution is 2.52. The van der Waals surface area contributed by atoms with Gasteiger partial charge in [0.15, 0.2) is 0 Å². The third kappa shape index (κ3) is 29.2. The van der Waals surface area contributed by atoms with Crippen molar-refractivity contribution in [2.24, 2.45) is 0 Å². The number of carbonyl (C=O) groups excluding carboxylic acids is 7. The van der Waals surface area contributed by atoms with Gasteiger partial charge in [0.2, 0.25) is 11.8 Å². The minimum absolute atomic E-state index is 0.00555. The summed E-state index contributed by atoms with van der Waals surface area (Å²) in [5, 5.41) is 16.5. The maximum atomic E-state index is 17.0. The van der Waals surface area contributed by atoms with Gasteiger partial charge in [0, 0.05) is 82.8 Å². The molecule has 4 N–H and O–H groups in total. The molecule has 2 rings (SSSR count). The Balaban J connectivity index is 2.23. The van der Waals surface area contributed by atoms with E-state index >= 15 is 4.11 Å². The van der Waals surface area contributed by atoms with Gasteiger partial charge < -0.3 is 58.3 Å². The first-order valence-electron chi connectivity index (χ1n) is 29.2. The molecule has 0 radical (unpaired) electrons. The van der Waals surface area contributed by atoms with Crippen LogP contribution in [0.1, 0.15) is 144 Å². The number of ether oxygens (including phenoxy) is 7. The Morgan fingerprint density at radius 1 is 0.624 bits per heavy atom. The Labute approximate surface area is 505 Å². The number of halogens is 1. The Morgan fingerprint density at radius 3 is 1.47 bits per heavy atom. The van der Waals surface area contributed by atoms with E-state index in [0.717, 1.165) is 0 Å². The molecule has 1 unspecified atom stereocenters. The number of pyridine rings is 1. The molecule has 26 heteroatoms. The van der Waals surface area contributed by atoms with Gasteiger partial charge in [0.1, 0.15) is 52.7 Å². The van der Waals surface area contributed by atoms with Crippen LogP contribution < -0.4 is 25.9 Å². The minimum atomic E-state index is -3.72. The van der Waals surface area contributed by atoms with Gasteiger partial charge in [-0.2, -0.15) is 0 Å². The van der Waals surface area contributed by atoms with Crippen LogP contribution in [0, 0.1) is 0 Å². The van der Waals surface area contributed by atoms with E-state index in [1.54, 1.807) is 83.1 Å². The van der Waals surface area contributed by atoms with E-state index < -0.39 is 107 Å². The predicted molar refractivity (Wildman–Crippen MR) is 321 cm³/mol. The maximum Gasteiger partial charge on any atom is 0.323 e. The molecule has 486 valence electrons. The van der Waals surface area contributed by atoms with Crippen molar-refractivity contribution in [1.82, 2.24) is 35.2 Å². The third-order valence-corrected chi connectivity index (χ3v) is 18.2. The van der Waals surface area contributed by atoms with Crippen molar-refractivity contribution in [3.05, 3.63) is 12.3 Å². The van der Waals surface area contributed by atoms with Crippen LogP contribution in [0.2, 0.25) is 10.1 Å². The highest BCUT2D eigenvalue weighted by molar-refractivity contribution is 6.91.